The van der Waals surface area contributed by atoms with Gasteiger partial charge in [-0.2, -0.15) is 0 Å². The van der Waals surface area contributed by atoms with Crippen molar-refractivity contribution in [3.05, 3.63) is 65.7 Å². The van der Waals surface area contributed by atoms with E-state index in [1.807, 2.05) is 71.3 Å². The lowest BCUT2D eigenvalue weighted by Crippen LogP contribution is -2.41. The van der Waals surface area contributed by atoms with Gasteiger partial charge in [-0.3, -0.25) is 14.4 Å². The second-order valence-electron chi connectivity index (χ2n) is 9.65. The van der Waals surface area contributed by atoms with Gasteiger partial charge in [0.25, 0.3) is 0 Å². The summed E-state index contributed by atoms with van der Waals surface area (Å²) in [5.41, 5.74) is 2.83. The van der Waals surface area contributed by atoms with Gasteiger partial charge in [-0.15, -0.1) is 0 Å². The lowest BCUT2D eigenvalue weighted by atomic mass is 9.96. The summed E-state index contributed by atoms with van der Waals surface area (Å²) in [4.78, 5) is 42.2. The molecular formula is C29H36N2O4. The summed E-state index contributed by atoms with van der Waals surface area (Å²) >= 11 is 0. The molecule has 4 rings (SSSR count). The van der Waals surface area contributed by atoms with E-state index in [9.17, 15) is 14.4 Å². The fraction of sp³-hybridized carbons (Fsp3) is 0.483. The Labute approximate surface area is 208 Å². The summed E-state index contributed by atoms with van der Waals surface area (Å²) in [5.74, 6) is 0.0370. The molecule has 2 aromatic carbocycles. The number of hydrogen-bond acceptors (Lipinski definition) is 4. The predicted molar refractivity (Wildman–Crippen MR) is 136 cm³/mol. The average Bonchev–Trinajstić information content (AvgIpc) is 3.43. The van der Waals surface area contributed by atoms with Crippen LogP contribution >= 0.6 is 0 Å². The Kier molecular flexibility index (Phi) is 8.56. The summed E-state index contributed by atoms with van der Waals surface area (Å²) in [6.45, 7) is 3.87. The molecule has 0 N–H and O–H groups in total. The van der Waals surface area contributed by atoms with Gasteiger partial charge in [0, 0.05) is 24.7 Å². The molecule has 1 aliphatic heterocycles. The van der Waals surface area contributed by atoms with Crippen molar-refractivity contribution < 1.29 is 19.1 Å². The van der Waals surface area contributed by atoms with Crippen LogP contribution in [0.4, 0.5) is 5.69 Å². The number of anilines is 1. The van der Waals surface area contributed by atoms with Gasteiger partial charge in [0.15, 0.2) is 0 Å². The molecule has 6 heteroatoms. The van der Waals surface area contributed by atoms with Crippen LogP contribution in [0.25, 0.3) is 0 Å². The van der Waals surface area contributed by atoms with Crippen molar-refractivity contribution in [1.29, 1.82) is 0 Å². The Hall–Kier alpha value is -3.15. The molecule has 6 nitrogen and oxygen atoms in total. The number of nitrogens with zero attached hydrogens (tertiary/aromatic N) is 2. The number of esters is 1. The normalized spacial score (nSPS) is 16.8. The summed E-state index contributed by atoms with van der Waals surface area (Å²) in [6.07, 6.45) is 5.69. The molecule has 1 saturated carbocycles. The first-order valence-electron chi connectivity index (χ1n) is 12.9. The van der Waals surface area contributed by atoms with E-state index in [4.69, 9.17) is 4.74 Å². The monoisotopic (exact) mass is 476 g/mol. The number of piperidine rings is 1. The van der Waals surface area contributed by atoms with E-state index >= 15 is 0 Å². The smallest absolute Gasteiger partial charge is 0.309 e. The van der Waals surface area contributed by atoms with Gasteiger partial charge in [-0.05, 0) is 55.9 Å². The Morgan fingerprint density at radius 3 is 2.26 bits per heavy atom. The molecule has 1 saturated heterocycles. The minimum absolute atomic E-state index is 0.0567. The average molecular weight is 477 g/mol. The second kappa shape index (κ2) is 12.0. The first kappa shape index (κ1) is 25.0. The molecule has 0 atom stereocenters. The second-order valence-corrected chi connectivity index (χ2v) is 9.65. The van der Waals surface area contributed by atoms with E-state index < -0.39 is 0 Å². The highest BCUT2D eigenvalue weighted by Gasteiger charge is 2.30. The number of carbonyl (C=O) groups excluding carboxylic acids is 3. The van der Waals surface area contributed by atoms with E-state index in [1.165, 1.54) is 0 Å². The van der Waals surface area contributed by atoms with Gasteiger partial charge in [-0.25, -0.2) is 0 Å². The van der Waals surface area contributed by atoms with Crippen LogP contribution in [-0.2, 0) is 32.1 Å². The van der Waals surface area contributed by atoms with Gasteiger partial charge in [0.2, 0.25) is 11.8 Å². The standard InChI is InChI=1S/C29H36N2O4/c1-2-35-29(34)25-15-17-30(18-16-25)27(32)20-23-11-8-14-26(19-23)31(21-22-9-4-3-5-10-22)28(33)24-12-6-7-13-24/h3-5,8-11,14,19,24-25H,2,6-7,12-13,15-18,20-21H2,1H3. The Balaban J connectivity index is 1.44. The molecular weight excluding hydrogens is 440 g/mol. The SMILES string of the molecule is CCOC(=O)C1CCN(C(=O)Cc2cccc(N(Cc3ccccc3)C(=O)C3CCCC3)c2)CC1. The van der Waals surface area contributed by atoms with E-state index in [2.05, 4.69) is 0 Å². The summed E-state index contributed by atoms with van der Waals surface area (Å²) in [6, 6.07) is 17.9. The fourth-order valence-corrected chi connectivity index (χ4v) is 5.20. The third kappa shape index (κ3) is 6.50. The van der Waals surface area contributed by atoms with Crippen LogP contribution in [0.5, 0.6) is 0 Å². The molecule has 1 aliphatic carbocycles. The van der Waals surface area contributed by atoms with Crippen molar-refractivity contribution in [2.24, 2.45) is 11.8 Å². The quantitative estimate of drug-likeness (QED) is 0.516. The van der Waals surface area contributed by atoms with Gasteiger partial charge < -0.3 is 14.5 Å². The largest absolute Gasteiger partial charge is 0.466 e. The van der Waals surface area contributed by atoms with E-state index in [0.29, 0.717) is 39.1 Å². The number of amides is 2. The van der Waals surface area contributed by atoms with Crippen LogP contribution in [0.1, 0.15) is 56.6 Å². The van der Waals surface area contributed by atoms with Crippen LogP contribution in [0, 0.1) is 11.8 Å². The summed E-state index contributed by atoms with van der Waals surface area (Å²) < 4.78 is 5.13. The van der Waals surface area contributed by atoms with E-state index in [-0.39, 0.29) is 36.0 Å². The number of benzene rings is 2. The van der Waals surface area contributed by atoms with Gasteiger partial charge in [0.1, 0.15) is 0 Å². The number of rotatable bonds is 8. The van der Waals surface area contributed by atoms with Crippen LogP contribution in [0.2, 0.25) is 0 Å². The maximum atomic E-state index is 13.5. The topological polar surface area (TPSA) is 66.9 Å². The van der Waals surface area contributed by atoms with Gasteiger partial charge >= 0.3 is 5.97 Å². The first-order chi connectivity index (χ1) is 17.0. The van der Waals surface area contributed by atoms with Gasteiger partial charge in [-0.1, -0.05) is 55.3 Å². The zero-order valence-electron chi connectivity index (χ0n) is 20.7. The molecule has 0 spiro atoms. The van der Waals surface area contributed by atoms with Gasteiger partial charge in [0.05, 0.1) is 25.5 Å². The summed E-state index contributed by atoms with van der Waals surface area (Å²) in [5, 5.41) is 0. The van der Waals surface area contributed by atoms with Crippen molar-refractivity contribution in [1.82, 2.24) is 4.90 Å². The van der Waals surface area contributed by atoms with Crippen molar-refractivity contribution >= 4 is 23.5 Å². The van der Waals surface area contributed by atoms with Crippen molar-refractivity contribution in [3.8, 4) is 0 Å². The van der Waals surface area contributed by atoms with Crippen molar-refractivity contribution in [2.75, 3.05) is 24.6 Å². The molecule has 0 radical (unpaired) electrons. The number of carbonyl (C=O) groups is 3. The lowest BCUT2D eigenvalue weighted by molar-refractivity contribution is -0.151. The maximum Gasteiger partial charge on any atom is 0.309 e. The molecule has 0 unspecified atom stereocenters. The third-order valence-corrected chi connectivity index (χ3v) is 7.20. The third-order valence-electron chi connectivity index (χ3n) is 7.20. The van der Waals surface area contributed by atoms with Crippen LogP contribution in [-0.4, -0.2) is 42.4 Å². The number of hydrogen-bond donors (Lipinski definition) is 0. The fourth-order valence-electron chi connectivity index (χ4n) is 5.20. The molecule has 35 heavy (non-hydrogen) atoms. The van der Waals surface area contributed by atoms with Crippen LogP contribution in [0.15, 0.2) is 54.6 Å². The lowest BCUT2D eigenvalue weighted by Gasteiger charge is -2.31. The van der Waals surface area contributed by atoms with Crippen molar-refractivity contribution in [2.45, 2.75) is 58.4 Å². The minimum Gasteiger partial charge on any atom is -0.466 e. The molecule has 0 aromatic heterocycles. The molecule has 186 valence electrons. The summed E-state index contributed by atoms with van der Waals surface area (Å²) in [7, 11) is 0. The Morgan fingerprint density at radius 1 is 0.886 bits per heavy atom. The maximum absolute atomic E-state index is 13.5. The highest BCUT2D eigenvalue weighted by Crippen LogP contribution is 2.30. The zero-order valence-corrected chi connectivity index (χ0v) is 20.7. The molecule has 2 amide bonds. The number of ether oxygens (including phenoxy) is 1. The highest BCUT2D eigenvalue weighted by atomic mass is 16.5. The van der Waals surface area contributed by atoms with E-state index in [1.54, 1.807) is 0 Å². The Morgan fingerprint density at radius 2 is 1.57 bits per heavy atom. The highest BCUT2D eigenvalue weighted by molar-refractivity contribution is 5.95. The van der Waals surface area contributed by atoms with E-state index in [0.717, 1.165) is 42.5 Å². The van der Waals surface area contributed by atoms with Crippen LogP contribution < -0.4 is 4.90 Å². The zero-order chi connectivity index (χ0) is 24.6. The Bertz CT molecular complexity index is 1010. The minimum atomic E-state index is -0.155. The van der Waals surface area contributed by atoms with Crippen LogP contribution in [0.3, 0.4) is 0 Å². The molecule has 2 aromatic rings. The first-order valence-corrected chi connectivity index (χ1v) is 12.9. The predicted octanol–water partition coefficient (Wildman–Crippen LogP) is 4.75. The molecule has 1 heterocycles. The molecule has 2 fully saturated rings. The molecule has 0 bridgehead atoms. The molecule has 2 aliphatic rings. The van der Waals surface area contributed by atoms with Crippen molar-refractivity contribution in [3.63, 3.8) is 0 Å². The number of likely N-dealkylation sites (tertiary alicyclic amines) is 1.